The molecule has 3 atom stereocenters. The van der Waals surface area contributed by atoms with Gasteiger partial charge in [-0.25, -0.2) is 18.9 Å². The van der Waals surface area contributed by atoms with Crippen LogP contribution in [0, 0.1) is 0 Å². The number of nitrogens with two attached hydrogens (primary N) is 1. The summed E-state index contributed by atoms with van der Waals surface area (Å²) in [5.74, 6) is -3.63. The van der Waals surface area contributed by atoms with Crippen LogP contribution in [0.15, 0.2) is 10.5 Å². The van der Waals surface area contributed by atoms with Gasteiger partial charge in [-0.2, -0.15) is 8.42 Å². The number of aliphatic carboxylic acids is 1. The molecule has 0 radical (unpaired) electrons. The largest absolute Gasteiger partial charge is 0.478 e. The number of cyclic esters (lactones) is 1. The van der Waals surface area contributed by atoms with Gasteiger partial charge in [0.05, 0.1) is 12.6 Å². The Morgan fingerprint density at radius 2 is 2.09 bits per heavy atom. The van der Waals surface area contributed by atoms with Gasteiger partial charge in [0.2, 0.25) is 5.60 Å². The van der Waals surface area contributed by atoms with E-state index in [-0.39, 0.29) is 28.2 Å². The number of carboxylic acid groups (broad SMARTS) is 1. The Balaban J connectivity index is 1.87. The number of amides is 3. The van der Waals surface area contributed by atoms with Crippen molar-refractivity contribution in [3.63, 3.8) is 0 Å². The van der Waals surface area contributed by atoms with Gasteiger partial charge in [0.25, 0.3) is 11.8 Å². The molecule has 35 heavy (non-hydrogen) atoms. The molecule has 2 saturated heterocycles. The molecule has 0 saturated carbocycles. The van der Waals surface area contributed by atoms with E-state index in [4.69, 9.17) is 15.3 Å². The van der Waals surface area contributed by atoms with Crippen molar-refractivity contribution in [3.8, 4) is 0 Å². The molecule has 0 aromatic carbocycles. The number of carboxylic acids is 1. The van der Waals surface area contributed by atoms with Crippen LogP contribution in [0.2, 0.25) is 0 Å². The van der Waals surface area contributed by atoms with Gasteiger partial charge < -0.3 is 30.6 Å². The third kappa shape index (κ3) is 5.43. The predicted octanol–water partition coefficient (Wildman–Crippen LogP) is -1.35. The number of ether oxygens (including phenoxy) is 1. The average molecular weight is 535 g/mol. The molecule has 0 spiro atoms. The van der Waals surface area contributed by atoms with Crippen molar-refractivity contribution >= 4 is 56.4 Å². The van der Waals surface area contributed by atoms with Gasteiger partial charge >= 0.3 is 22.4 Å². The molecule has 1 aromatic rings. The maximum absolute atomic E-state index is 13.0. The zero-order chi connectivity index (χ0) is 26.3. The lowest BCUT2D eigenvalue weighted by atomic mass is 9.97. The fourth-order valence-electron chi connectivity index (χ4n) is 3.19. The summed E-state index contributed by atoms with van der Waals surface area (Å²) >= 11 is 0.943. The van der Waals surface area contributed by atoms with E-state index < -0.39 is 63.7 Å². The molecular weight excluding hydrogens is 512 g/mol. The summed E-state index contributed by atoms with van der Waals surface area (Å²) < 4.78 is 38.0. The number of hydrogen-bond acceptors (Lipinski definition) is 12. The molecule has 192 valence electrons. The molecule has 3 amide bonds. The van der Waals surface area contributed by atoms with Crippen LogP contribution >= 0.6 is 11.3 Å². The molecule has 18 heteroatoms. The number of hydrogen-bond donors (Lipinski definition) is 4. The van der Waals surface area contributed by atoms with Crippen molar-refractivity contribution in [3.05, 3.63) is 11.1 Å². The maximum Gasteiger partial charge on any atom is 0.410 e. The third-order valence-electron chi connectivity index (χ3n) is 5.01. The Hall–Kier alpha value is -3.51. The number of nitrogens with zero attached hydrogens (tertiary/aromatic N) is 4. The normalized spacial score (nSPS) is 23.1. The van der Waals surface area contributed by atoms with Crippen molar-refractivity contribution in [2.24, 2.45) is 5.16 Å². The number of anilines is 1. The van der Waals surface area contributed by atoms with Gasteiger partial charge in [-0.15, -0.1) is 11.3 Å². The van der Waals surface area contributed by atoms with Crippen LogP contribution < -0.4 is 11.1 Å². The minimum absolute atomic E-state index is 0.0507. The number of oxime groups is 1. The summed E-state index contributed by atoms with van der Waals surface area (Å²) in [6, 6.07) is -2.86. The van der Waals surface area contributed by atoms with E-state index in [1.807, 2.05) is 0 Å². The van der Waals surface area contributed by atoms with E-state index >= 15 is 0 Å². The van der Waals surface area contributed by atoms with Gasteiger partial charge in [0.1, 0.15) is 17.8 Å². The lowest BCUT2D eigenvalue weighted by molar-refractivity contribution is -0.161. The molecule has 2 fully saturated rings. The van der Waals surface area contributed by atoms with Gasteiger partial charge in [-0.3, -0.25) is 14.1 Å². The van der Waals surface area contributed by atoms with Crippen molar-refractivity contribution in [1.82, 2.24) is 19.5 Å². The fraction of sp³-hybridized carbons (Fsp3) is 0.529. The monoisotopic (exact) mass is 534 g/mol. The smallest absolute Gasteiger partial charge is 0.410 e. The Labute approximate surface area is 202 Å². The molecule has 3 rings (SSSR count). The Morgan fingerprint density at radius 1 is 1.43 bits per heavy atom. The SMILES string of the molecule is C[C@@H]1CN(C[C@@H]2[C@H](NC(=O)C(=NOC(C)(C)C(=O)O)c3csc(N)n3)C(=O)N2S(=O)(=O)O)C(=O)O1. The highest BCUT2D eigenvalue weighted by Gasteiger charge is 2.55. The van der Waals surface area contributed by atoms with E-state index in [9.17, 15) is 37.3 Å². The summed E-state index contributed by atoms with van der Waals surface area (Å²) in [5, 5.41) is 16.5. The first-order chi connectivity index (χ1) is 16.1. The summed E-state index contributed by atoms with van der Waals surface area (Å²) in [4.78, 5) is 58.8. The Kier molecular flexibility index (Phi) is 6.91. The number of carbonyl (C=O) groups is 4. The lowest BCUT2D eigenvalue weighted by Crippen LogP contribution is -2.74. The molecule has 0 bridgehead atoms. The Morgan fingerprint density at radius 3 is 2.57 bits per heavy atom. The number of β-lactam (4-membered cyclic amide) rings is 1. The zero-order valence-electron chi connectivity index (χ0n) is 18.6. The first-order valence-corrected chi connectivity index (χ1v) is 12.2. The first-order valence-electron chi connectivity index (χ1n) is 9.90. The first kappa shape index (κ1) is 26.1. The number of nitrogens with one attached hydrogen (secondary N) is 1. The summed E-state index contributed by atoms with van der Waals surface area (Å²) in [5.41, 5.74) is 3.11. The van der Waals surface area contributed by atoms with Crippen LogP contribution in [0.25, 0.3) is 0 Å². The Bertz CT molecular complexity index is 1200. The van der Waals surface area contributed by atoms with Gasteiger partial charge in [0.15, 0.2) is 10.8 Å². The van der Waals surface area contributed by atoms with Crippen molar-refractivity contribution in [2.75, 3.05) is 18.8 Å². The fourth-order valence-corrected chi connectivity index (χ4v) is 4.61. The molecule has 5 N–H and O–H groups in total. The minimum atomic E-state index is -5.01. The van der Waals surface area contributed by atoms with Gasteiger partial charge in [-0.1, -0.05) is 5.16 Å². The van der Waals surface area contributed by atoms with E-state index in [0.29, 0.717) is 0 Å². The minimum Gasteiger partial charge on any atom is -0.478 e. The van der Waals surface area contributed by atoms with Crippen molar-refractivity contribution in [2.45, 2.75) is 44.6 Å². The van der Waals surface area contributed by atoms with Crippen LogP contribution in [0.1, 0.15) is 26.5 Å². The topological polar surface area (TPSA) is 231 Å². The van der Waals surface area contributed by atoms with Crippen molar-refractivity contribution < 1.29 is 46.8 Å². The zero-order valence-corrected chi connectivity index (χ0v) is 20.2. The highest BCUT2D eigenvalue weighted by atomic mass is 32.2. The van der Waals surface area contributed by atoms with Crippen LogP contribution in [0.3, 0.4) is 0 Å². The average Bonchev–Trinajstić information content (AvgIpc) is 3.29. The summed E-state index contributed by atoms with van der Waals surface area (Å²) in [6.45, 7) is 3.67. The van der Waals surface area contributed by atoms with Crippen molar-refractivity contribution in [1.29, 1.82) is 0 Å². The summed E-state index contributed by atoms with van der Waals surface area (Å²) in [7, 11) is -5.01. The van der Waals surface area contributed by atoms with Crippen LogP contribution in [0.5, 0.6) is 0 Å². The lowest BCUT2D eigenvalue weighted by Gasteiger charge is -2.45. The van der Waals surface area contributed by atoms with Crippen LogP contribution in [0.4, 0.5) is 9.93 Å². The number of rotatable bonds is 9. The van der Waals surface area contributed by atoms with E-state index in [1.165, 1.54) is 19.2 Å². The van der Waals surface area contributed by atoms with Crippen LogP contribution in [-0.2, 0) is 34.3 Å². The second-order valence-electron chi connectivity index (χ2n) is 8.15. The highest BCUT2D eigenvalue weighted by Crippen LogP contribution is 2.26. The predicted molar refractivity (Wildman–Crippen MR) is 117 cm³/mol. The van der Waals surface area contributed by atoms with Crippen LogP contribution in [-0.4, -0.2) is 98.7 Å². The highest BCUT2D eigenvalue weighted by molar-refractivity contribution is 7.84. The number of nitrogen functional groups attached to an aromatic ring is 1. The maximum atomic E-state index is 13.0. The van der Waals surface area contributed by atoms with E-state index in [0.717, 1.165) is 16.2 Å². The second-order valence-corrected chi connectivity index (χ2v) is 10.3. The number of aromatic nitrogens is 1. The number of thiazole rings is 1. The molecule has 0 aliphatic carbocycles. The second kappa shape index (κ2) is 9.27. The molecule has 2 aliphatic rings. The molecule has 1 aromatic heterocycles. The van der Waals surface area contributed by atoms with E-state index in [1.54, 1.807) is 6.92 Å². The molecule has 3 heterocycles. The van der Waals surface area contributed by atoms with E-state index in [2.05, 4.69) is 15.5 Å². The van der Waals surface area contributed by atoms with Gasteiger partial charge in [-0.05, 0) is 20.8 Å². The number of carbonyl (C=O) groups excluding carboxylic acids is 3. The molecular formula is C17H22N6O10S2. The standard InChI is InChI=1S/C17H22N6O10S2/c1-7-4-22(16(28)32-7)5-9-11(13(25)23(9)35(29,30)31)20-12(24)10(8-6-34-15(18)19-8)21-33-17(2,3)14(26)27/h6-7,9,11H,4-5H2,1-3H3,(H2,18,19)(H,20,24)(H,26,27)(H,29,30,31)/t7-,9-,11+/m1/s1. The van der Waals surface area contributed by atoms with Gasteiger partial charge in [0, 0.05) is 11.9 Å². The third-order valence-corrected chi connectivity index (χ3v) is 6.63. The molecule has 0 unspecified atom stereocenters. The molecule has 16 nitrogen and oxygen atoms in total. The summed E-state index contributed by atoms with van der Waals surface area (Å²) in [6.07, 6.45) is -1.25. The quantitative estimate of drug-likeness (QED) is 0.125. The molecule has 2 aliphatic heterocycles.